The molecule has 2 rings (SSSR count). The molecule has 0 saturated carbocycles. The highest BCUT2D eigenvalue weighted by Gasteiger charge is 2.11. The van der Waals surface area contributed by atoms with Crippen LogP contribution in [0.3, 0.4) is 0 Å². The number of hydrogen-bond acceptors (Lipinski definition) is 4. The molecule has 8 heteroatoms. The maximum atomic E-state index is 12.4. The van der Waals surface area contributed by atoms with Crippen LogP contribution in [-0.2, 0) is 0 Å². The number of thiocarbonyl (C=S) groups is 1. The molecule has 2 aromatic rings. The summed E-state index contributed by atoms with van der Waals surface area (Å²) in [5.74, 6) is 0.935. The first-order chi connectivity index (χ1) is 12.9. The first-order valence-electron chi connectivity index (χ1n) is 8.32. The van der Waals surface area contributed by atoms with Crippen LogP contribution in [0, 0.1) is 0 Å². The molecule has 0 aromatic heterocycles. The molecule has 0 unspecified atom stereocenters. The van der Waals surface area contributed by atoms with Crippen LogP contribution < -0.4 is 20.1 Å². The number of unbranched alkanes of at least 4 members (excludes halogenated alkanes) is 1. The van der Waals surface area contributed by atoms with Gasteiger partial charge in [0.15, 0.2) is 5.11 Å². The first kappa shape index (κ1) is 21.5. The lowest BCUT2D eigenvalue weighted by Crippen LogP contribution is -2.34. The summed E-state index contributed by atoms with van der Waals surface area (Å²) in [5.41, 5.74) is 1.11. The van der Waals surface area contributed by atoms with Gasteiger partial charge < -0.3 is 14.8 Å². The Morgan fingerprint density at radius 3 is 2.59 bits per heavy atom. The number of amides is 1. The number of benzene rings is 2. The van der Waals surface area contributed by atoms with E-state index in [2.05, 4.69) is 33.5 Å². The lowest BCUT2D eigenvalue weighted by molar-refractivity contribution is 0.0977. The molecular weight excluding hydrogens is 452 g/mol. The fraction of sp³-hybridized carbons (Fsp3) is 0.263. The van der Waals surface area contributed by atoms with Gasteiger partial charge in [0.2, 0.25) is 0 Å². The van der Waals surface area contributed by atoms with Crippen molar-refractivity contribution in [2.75, 3.05) is 19.0 Å². The van der Waals surface area contributed by atoms with Crippen molar-refractivity contribution in [2.45, 2.75) is 19.8 Å². The van der Waals surface area contributed by atoms with Crippen molar-refractivity contribution in [3.63, 3.8) is 0 Å². The van der Waals surface area contributed by atoms with Gasteiger partial charge in [0, 0.05) is 11.3 Å². The van der Waals surface area contributed by atoms with Gasteiger partial charge in [-0.25, -0.2) is 0 Å². The molecule has 0 aliphatic rings. The van der Waals surface area contributed by atoms with Crippen molar-refractivity contribution in [3.8, 4) is 11.5 Å². The minimum Gasteiger partial charge on any atom is -0.495 e. The normalized spacial score (nSPS) is 10.2. The average Bonchev–Trinajstić information content (AvgIpc) is 2.63. The predicted octanol–water partition coefficient (Wildman–Crippen LogP) is 5.42. The van der Waals surface area contributed by atoms with E-state index in [4.69, 9.17) is 33.3 Å². The summed E-state index contributed by atoms with van der Waals surface area (Å²) < 4.78 is 11.5. The van der Waals surface area contributed by atoms with Gasteiger partial charge in [0.05, 0.1) is 23.2 Å². The molecule has 0 bridgehead atoms. The number of anilines is 1. The number of methoxy groups -OCH3 is 1. The van der Waals surface area contributed by atoms with Gasteiger partial charge in [-0.3, -0.25) is 10.1 Å². The molecule has 0 heterocycles. The quantitative estimate of drug-likeness (QED) is 0.417. The Kier molecular flexibility index (Phi) is 8.34. The van der Waals surface area contributed by atoms with Crippen LogP contribution in [0.15, 0.2) is 40.9 Å². The van der Waals surface area contributed by atoms with E-state index in [1.807, 2.05) is 0 Å². The van der Waals surface area contributed by atoms with Gasteiger partial charge in [-0.15, -0.1) is 0 Å². The Balaban J connectivity index is 1.96. The molecule has 0 fully saturated rings. The smallest absolute Gasteiger partial charge is 0.257 e. The maximum absolute atomic E-state index is 12.4. The van der Waals surface area contributed by atoms with Gasteiger partial charge in [0.25, 0.3) is 5.91 Å². The number of hydrogen-bond donors (Lipinski definition) is 2. The summed E-state index contributed by atoms with van der Waals surface area (Å²) in [7, 11) is 1.54. The van der Waals surface area contributed by atoms with Crippen LogP contribution in [0.5, 0.6) is 11.5 Å². The lowest BCUT2D eigenvalue weighted by Gasteiger charge is -2.12. The Bertz CT molecular complexity index is 833. The third kappa shape index (κ3) is 6.37. The summed E-state index contributed by atoms with van der Waals surface area (Å²) >= 11 is 14.7. The minimum atomic E-state index is -0.326. The van der Waals surface area contributed by atoms with E-state index in [1.165, 1.54) is 7.11 Å². The molecule has 0 aliphatic heterocycles. The second kappa shape index (κ2) is 10.5. The Hall–Kier alpha value is -1.83. The van der Waals surface area contributed by atoms with E-state index in [0.29, 0.717) is 38.9 Å². The fourth-order valence-corrected chi connectivity index (χ4v) is 3.13. The van der Waals surface area contributed by atoms with Crippen molar-refractivity contribution in [1.82, 2.24) is 5.32 Å². The van der Waals surface area contributed by atoms with Gasteiger partial charge in [0.1, 0.15) is 11.5 Å². The molecular formula is C19H20BrClN2O3S. The zero-order valence-electron chi connectivity index (χ0n) is 15.0. The summed E-state index contributed by atoms with van der Waals surface area (Å²) in [6.45, 7) is 2.74. The fourth-order valence-electron chi connectivity index (χ4n) is 2.17. The molecule has 0 atom stereocenters. The Morgan fingerprint density at radius 2 is 1.96 bits per heavy atom. The number of carbonyl (C=O) groups is 1. The summed E-state index contributed by atoms with van der Waals surface area (Å²) in [5, 5.41) is 6.17. The number of carbonyl (C=O) groups excluding carboxylic acids is 1. The number of ether oxygens (including phenoxy) is 2. The van der Waals surface area contributed by atoms with Crippen molar-refractivity contribution in [3.05, 3.63) is 51.5 Å². The van der Waals surface area contributed by atoms with Gasteiger partial charge in [-0.2, -0.15) is 0 Å². The first-order valence-corrected chi connectivity index (χ1v) is 9.90. The topological polar surface area (TPSA) is 59.6 Å². The lowest BCUT2D eigenvalue weighted by atomic mass is 10.2. The third-order valence-corrected chi connectivity index (χ3v) is 4.71. The molecule has 0 aliphatic carbocycles. The number of rotatable bonds is 7. The van der Waals surface area contributed by atoms with Crippen molar-refractivity contribution in [1.29, 1.82) is 0 Å². The van der Waals surface area contributed by atoms with Crippen molar-refractivity contribution < 1.29 is 14.3 Å². The number of halogens is 2. The zero-order valence-corrected chi connectivity index (χ0v) is 18.1. The second-order valence-corrected chi connectivity index (χ2v) is 7.27. The molecule has 5 nitrogen and oxygen atoms in total. The summed E-state index contributed by atoms with van der Waals surface area (Å²) in [6.07, 6.45) is 2.03. The van der Waals surface area contributed by atoms with Crippen molar-refractivity contribution in [2.24, 2.45) is 0 Å². The number of nitrogens with one attached hydrogen (secondary N) is 2. The van der Waals surface area contributed by atoms with E-state index < -0.39 is 0 Å². The predicted molar refractivity (Wildman–Crippen MR) is 116 cm³/mol. The highest BCUT2D eigenvalue weighted by Crippen LogP contribution is 2.28. The highest BCUT2D eigenvalue weighted by molar-refractivity contribution is 9.10. The van der Waals surface area contributed by atoms with E-state index in [0.717, 1.165) is 12.8 Å². The molecule has 27 heavy (non-hydrogen) atoms. The van der Waals surface area contributed by atoms with Crippen LogP contribution in [0.1, 0.15) is 30.1 Å². The molecule has 2 N–H and O–H groups in total. The average molecular weight is 472 g/mol. The Morgan fingerprint density at radius 1 is 1.22 bits per heavy atom. The van der Waals surface area contributed by atoms with E-state index in [9.17, 15) is 4.79 Å². The SMILES string of the molecule is CCCCOc1ccc(C(=O)NC(=S)Nc2ccc(OC)c(Cl)c2)cc1Br. The monoisotopic (exact) mass is 470 g/mol. The molecule has 1 amide bonds. The van der Waals surface area contributed by atoms with Gasteiger partial charge in [-0.05, 0) is 71.0 Å². The van der Waals surface area contributed by atoms with Crippen molar-refractivity contribution >= 4 is 56.5 Å². The third-order valence-electron chi connectivity index (χ3n) is 3.59. The Labute approximate surface area is 177 Å². The zero-order chi connectivity index (χ0) is 19.8. The largest absolute Gasteiger partial charge is 0.495 e. The van der Waals surface area contributed by atoms with Crippen LogP contribution in [0.2, 0.25) is 5.02 Å². The standard InChI is InChI=1S/C19H20BrClN2O3S/c1-3-4-9-26-16-7-5-12(10-14(16)20)18(24)23-19(27)22-13-6-8-17(25-2)15(21)11-13/h5-8,10-11H,3-4,9H2,1-2H3,(H2,22,23,24,27). The van der Waals surface area contributed by atoms with Gasteiger partial charge in [-0.1, -0.05) is 24.9 Å². The van der Waals surface area contributed by atoms with Gasteiger partial charge >= 0.3 is 0 Å². The molecule has 0 spiro atoms. The minimum absolute atomic E-state index is 0.167. The second-order valence-electron chi connectivity index (χ2n) is 5.60. The van der Waals surface area contributed by atoms with Crippen LogP contribution in [0.25, 0.3) is 0 Å². The van der Waals surface area contributed by atoms with E-state index in [1.54, 1.807) is 36.4 Å². The maximum Gasteiger partial charge on any atom is 0.257 e. The van der Waals surface area contributed by atoms with Crippen LogP contribution in [0.4, 0.5) is 5.69 Å². The summed E-state index contributed by atoms with van der Waals surface area (Å²) in [6, 6.07) is 10.3. The highest BCUT2D eigenvalue weighted by atomic mass is 79.9. The van der Waals surface area contributed by atoms with Crippen LogP contribution >= 0.6 is 39.7 Å². The van der Waals surface area contributed by atoms with E-state index >= 15 is 0 Å². The molecule has 0 radical (unpaired) electrons. The summed E-state index contributed by atoms with van der Waals surface area (Å²) in [4.78, 5) is 12.4. The van der Waals surface area contributed by atoms with E-state index in [-0.39, 0.29) is 11.0 Å². The molecule has 2 aromatic carbocycles. The molecule has 144 valence electrons. The van der Waals surface area contributed by atoms with Crippen LogP contribution in [-0.4, -0.2) is 24.7 Å². The molecule has 0 saturated heterocycles.